The lowest BCUT2D eigenvalue weighted by Gasteiger charge is -2.29. The molecule has 3 heterocycles. The predicted octanol–water partition coefficient (Wildman–Crippen LogP) is 5.68. The summed E-state index contributed by atoms with van der Waals surface area (Å²) in [4.78, 5) is 37.7. The molecule has 6 rings (SSSR count). The number of fused-ring (bicyclic) bond motifs is 1. The molecule has 0 atom stereocenters. The molecule has 216 valence electrons. The van der Waals surface area contributed by atoms with Crippen molar-refractivity contribution in [3.05, 3.63) is 66.5 Å². The second-order valence-electron chi connectivity index (χ2n) is 11.3. The fraction of sp³-hybridized carbons (Fsp3) is 0.471. The molecule has 1 aliphatic carbocycles. The summed E-state index contributed by atoms with van der Waals surface area (Å²) in [5.41, 5.74) is 2.75. The second kappa shape index (κ2) is 12.9. The van der Waals surface area contributed by atoms with Crippen molar-refractivity contribution in [2.45, 2.75) is 64.8 Å². The van der Waals surface area contributed by atoms with E-state index < -0.39 is 5.54 Å². The molecular weight excluding hydrogens is 510 g/mol. The summed E-state index contributed by atoms with van der Waals surface area (Å²) in [6.07, 6.45) is 9.82. The monoisotopic (exact) mass is 553 g/mol. The zero-order valence-electron chi connectivity index (χ0n) is 24.7. The van der Waals surface area contributed by atoms with Crippen molar-refractivity contribution >= 4 is 28.4 Å². The van der Waals surface area contributed by atoms with E-state index in [0.717, 1.165) is 80.6 Å². The van der Waals surface area contributed by atoms with Crippen molar-refractivity contribution in [2.24, 2.45) is 10.9 Å². The number of piperidine rings is 1. The Morgan fingerprint density at radius 2 is 1.68 bits per heavy atom. The second-order valence-corrected chi connectivity index (χ2v) is 11.3. The molecule has 1 spiro atoms. The smallest absolute Gasteiger partial charge is 0.256 e. The summed E-state index contributed by atoms with van der Waals surface area (Å²) in [6, 6.07) is 16.8. The number of nitrogens with one attached hydrogen (secondary N) is 1. The van der Waals surface area contributed by atoms with Gasteiger partial charge in [-0.05, 0) is 87.7 Å². The van der Waals surface area contributed by atoms with Crippen molar-refractivity contribution in [2.75, 3.05) is 32.7 Å². The number of amidine groups is 1. The van der Waals surface area contributed by atoms with Crippen LogP contribution in [0, 0.1) is 5.92 Å². The number of hydrogen-bond donors (Lipinski definition) is 1. The van der Waals surface area contributed by atoms with Crippen molar-refractivity contribution < 1.29 is 9.59 Å². The van der Waals surface area contributed by atoms with Crippen molar-refractivity contribution in [3.8, 4) is 11.1 Å². The number of aromatic nitrogens is 1. The Hall–Kier alpha value is -3.58. The Bertz CT molecular complexity index is 1390. The van der Waals surface area contributed by atoms with E-state index in [-0.39, 0.29) is 5.91 Å². The molecular formula is C34H43N5O2. The molecule has 0 unspecified atom stereocenters. The summed E-state index contributed by atoms with van der Waals surface area (Å²) >= 11 is 0. The van der Waals surface area contributed by atoms with E-state index in [1.165, 1.54) is 17.4 Å². The quantitative estimate of drug-likeness (QED) is 0.390. The van der Waals surface area contributed by atoms with E-state index in [1.807, 2.05) is 35.2 Å². The van der Waals surface area contributed by atoms with Gasteiger partial charge in [-0.2, -0.15) is 0 Å². The van der Waals surface area contributed by atoms with E-state index in [0.29, 0.717) is 18.4 Å². The van der Waals surface area contributed by atoms with E-state index >= 15 is 0 Å². The highest BCUT2D eigenvalue weighted by atomic mass is 16.2. The van der Waals surface area contributed by atoms with Crippen LogP contribution < -0.4 is 5.32 Å². The van der Waals surface area contributed by atoms with Crippen LogP contribution in [0.25, 0.3) is 21.9 Å². The first-order valence-corrected chi connectivity index (χ1v) is 15.4. The largest absolute Gasteiger partial charge is 0.343 e. The van der Waals surface area contributed by atoms with Crippen LogP contribution in [0.1, 0.15) is 64.9 Å². The first-order valence-electron chi connectivity index (χ1n) is 15.4. The third kappa shape index (κ3) is 6.35. The van der Waals surface area contributed by atoms with Gasteiger partial charge in [0.2, 0.25) is 5.91 Å². The Morgan fingerprint density at radius 1 is 0.976 bits per heavy atom. The minimum atomic E-state index is -0.568. The highest BCUT2D eigenvalue weighted by Crippen LogP contribution is 2.34. The first kappa shape index (κ1) is 28.9. The van der Waals surface area contributed by atoms with Crippen molar-refractivity contribution in [3.63, 3.8) is 0 Å². The average Bonchev–Trinajstić information content (AvgIpc) is 3.84. The molecule has 1 aromatic heterocycles. The molecule has 2 aromatic carbocycles. The van der Waals surface area contributed by atoms with Gasteiger partial charge in [0.1, 0.15) is 11.4 Å². The highest BCUT2D eigenvalue weighted by Gasteiger charge is 2.48. The van der Waals surface area contributed by atoms with E-state index in [4.69, 9.17) is 4.99 Å². The summed E-state index contributed by atoms with van der Waals surface area (Å²) in [5, 5.41) is 5.65. The molecule has 3 aliphatic rings. The molecule has 2 aliphatic heterocycles. The number of unbranched alkanes of at least 4 members (excludes halogenated alkanes) is 1. The van der Waals surface area contributed by atoms with Crippen LogP contribution in [-0.4, -0.2) is 70.7 Å². The number of likely N-dealkylation sites (N-methyl/N-ethyl adjacent to an activating group) is 1. The van der Waals surface area contributed by atoms with Crippen LogP contribution in [0.2, 0.25) is 0 Å². The van der Waals surface area contributed by atoms with Gasteiger partial charge in [0.05, 0.1) is 0 Å². The minimum absolute atomic E-state index is 0.156. The van der Waals surface area contributed by atoms with Crippen LogP contribution in [0.3, 0.4) is 0 Å². The Morgan fingerprint density at radius 3 is 2.34 bits per heavy atom. The van der Waals surface area contributed by atoms with Crippen LogP contribution in [0.15, 0.2) is 65.9 Å². The molecule has 2 fully saturated rings. The topological polar surface area (TPSA) is 77.9 Å². The molecule has 2 amide bonds. The maximum Gasteiger partial charge on any atom is 0.256 e. The Balaban J connectivity index is 0.000000237. The Labute approximate surface area is 244 Å². The number of pyridine rings is 1. The lowest BCUT2D eigenvalue weighted by Crippen LogP contribution is -2.48. The van der Waals surface area contributed by atoms with Crippen LogP contribution in [-0.2, 0) is 9.59 Å². The third-order valence-corrected chi connectivity index (χ3v) is 8.48. The SMILES string of the molecule is CCCCN(CC)C(=O)C1CC1.CCN1C(=O)C2(CCNCC2)N=C1c1ccc(-c2ccc3cnccc3c2)cc1. The zero-order valence-corrected chi connectivity index (χ0v) is 24.7. The molecule has 1 saturated carbocycles. The predicted molar refractivity (Wildman–Crippen MR) is 166 cm³/mol. The summed E-state index contributed by atoms with van der Waals surface area (Å²) in [6.45, 7) is 10.4. The van der Waals surface area contributed by atoms with E-state index in [1.54, 1.807) is 0 Å². The molecule has 41 heavy (non-hydrogen) atoms. The van der Waals surface area contributed by atoms with Gasteiger partial charge in [-0.1, -0.05) is 49.7 Å². The number of nitrogens with zero attached hydrogens (tertiary/aromatic N) is 4. The standard InChI is InChI=1S/C24H24N4O.C10H19NO/c1-2-28-22(27-24(23(28)29)10-13-25-14-11-24)18-5-3-17(4-6-18)19-7-8-21-16-26-12-9-20(21)15-19;1-3-5-8-11(4-2)10(12)9-6-7-9/h3-9,12,15-16,25H,2,10-11,13-14H2,1H3;9H,3-8H2,1-2H3. The normalized spacial score (nSPS) is 17.8. The number of amides is 2. The number of carbonyl (C=O) groups is 2. The molecule has 0 bridgehead atoms. The van der Waals surface area contributed by atoms with Crippen molar-refractivity contribution in [1.82, 2.24) is 20.1 Å². The highest BCUT2D eigenvalue weighted by molar-refractivity contribution is 6.15. The number of benzene rings is 2. The third-order valence-electron chi connectivity index (χ3n) is 8.48. The lowest BCUT2D eigenvalue weighted by molar-refractivity contribution is -0.132. The maximum atomic E-state index is 13.1. The van der Waals surface area contributed by atoms with E-state index in [2.05, 4.69) is 66.6 Å². The molecule has 1 saturated heterocycles. The fourth-order valence-electron chi connectivity index (χ4n) is 5.77. The van der Waals surface area contributed by atoms with Crippen molar-refractivity contribution in [1.29, 1.82) is 0 Å². The van der Waals surface area contributed by atoms with Gasteiger partial charge in [0, 0.05) is 48.9 Å². The molecule has 3 aromatic rings. The van der Waals surface area contributed by atoms with Crippen LogP contribution in [0.5, 0.6) is 0 Å². The van der Waals surface area contributed by atoms with Gasteiger partial charge in [-0.15, -0.1) is 0 Å². The minimum Gasteiger partial charge on any atom is -0.343 e. The van der Waals surface area contributed by atoms with Gasteiger partial charge >= 0.3 is 0 Å². The van der Waals surface area contributed by atoms with Crippen LogP contribution in [0.4, 0.5) is 0 Å². The molecule has 7 heteroatoms. The zero-order chi connectivity index (χ0) is 28.8. The fourth-order valence-corrected chi connectivity index (χ4v) is 5.77. The van der Waals surface area contributed by atoms with E-state index in [9.17, 15) is 9.59 Å². The summed E-state index contributed by atoms with van der Waals surface area (Å²) in [7, 11) is 0. The van der Waals surface area contributed by atoms with Gasteiger partial charge < -0.3 is 10.2 Å². The lowest BCUT2D eigenvalue weighted by atomic mass is 9.88. The Kier molecular flexibility index (Phi) is 9.13. The first-order chi connectivity index (χ1) is 20.0. The summed E-state index contributed by atoms with van der Waals surface area (Å²) < 4.78 is 0. The number of aliphatic imine (C=N–C) groups is 1. The number of hydrogen-bond acceptors (Lipinski definition) is 5. The summed E-state index contributed by atoms with van der Waals surface area (Å²) in [5.74, 6) is 1.76. The number of rotatable bonds is 8. The van der Waals surface area contributed by atoms with Gasteiger partial charge in [-0.25, -0.2) is 0 Å². The maximum absolute atomic E-state index is 13.1. The molecule has 1 N–H and O–H groups in total. The van der Waals surface area contributed by atoms with Gasteiger partial charge in [0.15, 0.2) is 0 Å². The molecule has 7 nitrogen and oxygen atoms in total. The van der Waals surface area contributed by atoms with Crippen LogP contribution >= 0.6 is 0 Å². The number of carbonyl (C=O) groups excluding carboxylic acids is 2. The molecule has 0 radical (unpaired) electrons. The average molecular weight is 554 g/mol. The van der Waals surface area contributed by atoms with Gasteiger partial charge in [0.25, 0.3) is 5.91 Å². The van der Waals surface area contributed by atoms with Gasteiger partial charge in [-0.3, -0.25) is 24.5 Å².